The van der Waals surface area contributed by atoms with E-state index in [4.69, 9.17) is 9.47 Å². The summed E-state index contributed by atoms with van der Waals surface area (Å²) in [5, 5.41) is 3.26. The molecule has 0 radical (unpaired) electrons. The second kappa shape index (κ2) is 8.76. The molecule has 5 nitrogen and oxygen atoms in total. The van der Waals surface area contributed by atoms with Gasteiger partial charge in [-0.15, -0.1) is 0 Å². The molecule has 1 heterocycles. The van der Waals surface area contributed by atoms with Crippen LogP contribution in [0.15, 0.2) is 24.3 Å². The number of hydrogen-bond donors (Lipinski definition) is 1. The van der Waals surface area contributed by atoms with Crippen LogP contribution in [0, 0.1) is 0 Å². The van der Waals surface area contributed by atoms with Crippen LogP contribution in [0.1, 0.15) is 29.6 Å². The van der Waals surface area contributed by atoms with Gasteiger partial charge >= 0.3 is 0 Å². The summed E-state index contributed by atoms with van der Waals surface area (Å²) >= 11 is 0. The monoisotopic (exact) mass is 306 g/mol. The van der Waals surface area contributed by atoms with E-state index in [1.165, 1.54) is 0 Å². The smallest absolute Gasteiger partial charge is 0.254 e. The lowest BCUT2D eigenvalue weighted by Gasteiger charge is -2.32. The fourth-order valence-corrected chi connectivity index (χ4v) is 2.69. The lowest BCUT2D eigenvalue weighted by Crippen LogP contribution is -2.46. The molecule has 1 aromatic carbocycles. The molecule has 1 saturated heterocycles. The summed E-state index contributed by atoms with van der Waals surface area (Å²) in [4.78, 5) is 14.5. The maximum Gasteiger partial charge on any atom is 0.254 e. The van der Waals surface area contributed by atoms with Crippen molar-refractivity contribution in [2.24, 2.45) is 0 Å². The second-order valence-electron chi connectivity index (χ2n) is 5.60. The highest BCUT2D eigenvalue weighted by Crippen LogP contribution is 2.18. The molecule has 0 bridgehead atoms. The molecule has 1 aliphatic heterocycles. The van der Waals surface area contributed by atoms with E-state index in [-0.39, 0.29) is 5.91 Å². The standard InChI is InChI=1S/C17H26N2O3/c1-18-15-7-4-9-19(13-15)17(20)14-6-3-8-16(12-14)22-11-5-10-21-2/h3,6,8,12,15,18H,4-5,7,9-11,13H2,1-2H3. The van der Waals surface area contributed by atoms with Crippen molar-refractivity contribution in [3.63, 3.8) is 0 Å². The number of piperidine rings is 1. The number of carbonyl (C=O) groups excluding carboxylic acids is 1. The molecule has 1 amide bonds. The first-order valence-electron chi connectivity index (χ1n) is 7.93. The van der Waals surface area contributed by atoms with Gasteiger partial charge < -0.3 is 19.7 Å². The lowest BCUT2D eigenvalue weighted by molar-refractivity contribution is 0.0697. The van der Waals surface area contributed by atoms with E-state index in [9.17, 15) is 4.79 Å². The van der Waals surface area contributed by atoms with E-state index in [0.717, 1.165) is 38.1 Å². The van der Waals surface area contributed by atoms with E-state index >= 15 is 0 Å². The van der Waals surface area contributed by atoms with Gasteiger partial charge in [0.2, 0.25) is 0 Å². The van der Waals surface area contributed by atoms with Gasteiger partial charge in [-0.3, -0.25) is 4.79 Å². The van der Waals surface area contributed by atoms with E-state index in [0.29, 0.717) is 24.8 Å². The van der Waals surface area contributed by atoms with Crippen LogP contribution in [0.3, 0.4) is 0 Å². The third-order valence-electron chi connectivity index (χ3n) is 3.96. The quantitative estimate of drug-likeness (QED) is 0.782. The maximum atomic E-state index is 12.6. The van der Waals surface area contributed by atoms with Crippen LogP contribution in [0.5, 0.6) is 5.75 Å². The summed E-state index contributed by atoms with van der Waals surface area (Å²) in [6, 6.07) is 7.84. The molecule has 0 aromatic heterocycles. The predicted octanol–water partition coefficient (Wildman–Crippen LogP) is 1.93. The third-order valence-corrected chi connectivity index (χ3v) is 3.96. The van der Waals surface area contributed by atoms with Crippen LogP contribution >= 0.6 is 0 Å². The molecule has 1 unspecified atom stereocenters. The number of nitrogens with one attached hydrogen (secondary N) is 1. The van der Waals surface area contributed by atoms with Crippen LogP contribution in [0.4, 0.5) is 0 Å². The average molecular weight is 306 g/mol. The van der Waals surface area contributed by atoms with Crippen molar-refractivity contribution in [3.8, 4) is 5.75 Å². The number of benzene rings is 1. The second-order valence-corrected chi connectivity index (χ2v) is 5.60. The Morgan fingerprint density at radius 1 is 1.41 bits per heavy atom. The van der Waals surface area contributed by atoms with E-state index in [2.05, 4.69) is 5.32 Å². The average Bonchev–Trinajstić information content (AvgIpc) is 2.58. The number of rotatable bonds is 7. The Balaban J connectivity index is 1.94. The number of amides is 1. The normalized spacial score (nSPS) is 18.3. The topological polar surface area (TPSA) is 50.8 Å². The maximum absolute atomic E-state index is 12.6. The molecule has 0 saturated carbocycles. The fourth-order valence-electron chi connectivity index (χ4n) is 2.69. The van der Waals surface area contributed by atoms with Crippen LogP contribution in [-0.4, -0.2) is 57.3 Å². The van der Waals surface area contributed by atoms with Gasteiger partial charge in [-0.25, -0.2) is 0 Å². The van der Waals surface area contributed by atoms with E-state index in [1.54, 1.807) is 7.11 Å². The number of ether oxygens (including phenoxy) is 2. The summed E-state index contributed by atoms with van der Waals surface area (Å²) < 4.78 is 10.7. The van der Waals surface area contributed by atoms with Gasteiger partial charge in [0.1, 0.15) is 5.75 Å². The van der Waals surface area contributed by atoms with E-state index in [1.807, 2.05) is 36.2 Å². The molecule has 22 heavy (non-hydrogen) atoms. The van der Waals surface area contributed by atoms with Gasteiger partial charge in [0.25, 0.3) is 5.91 Å². The number of hydrogen-bond acceptors (Lipinski definition) is 4. The SMILES string of the molecule is CNC1CCCN(C(=O)c2cccc(OCCCOC)c2)C1. The van der Waals surface area contributed by atoms with Crippen LogP contribution in [0.2, 0.25) is 0 Å². The minimum atomic E-state index is 0.0855. The van der Waals surface area contributed by atoms with Gasteiger partial charge in [0, 0.05) is 44.8 Å². The minimum absolute atomic E-state index is 0.0855. The largest absolute Gasteiger partial charge is 0.493 e. The first-order valence-corrected chi connectivity index (χ1v) is 7.93. The highest BCUT2D eigenvalue weighted by Gasteiger charge is 2.23. The molecule has 1 fully saturated rings. The van der Waals surface area contributed by atoms with Crippen LogP contribution in [-0.2, 0) is 4.74 Å². The van der Waals surface area contributed by atoms with Crippen molar-refractivity contribution in [1.82, 2.24) is 10.2 Å². The van der Waals surface area contributed by atoms with Crippen LogP contribution in [0.25, 0.3) is 0 Å². The molecule has 5 heteroatoms. The Morgan fingerprint density at radius 2 is 2.27 bits per heavy atom. The van der Waals surface area contributed by atoms with Crippen molar-refractivity contribution in [1.29, 1.82) is 0 Å². The Bertz CT molecular complexity index is 479. The van der Waals surface area contributed by atoms with Crippen molar-refractivity contribution in [2.75, 3.05) is 40.5 Å². The number of likely N-dealkylation sites (tertiary alicyclic amines) is 1. The summed E-state index contributed by atoms with van der Waals surface area (Å²) in [5.41, 5.74) is 0.695. The Hall–Kier alpha value is -1.59. The molecule has 1 N–H and O–H groups in total. The molecule has 2 rings (SSSR count). The summed E-state index contributed by atoms with van der Waals surface area (Å²) in [5.74, 6) is 0.825. The molecule has 1 atom stereocenters. The van der Waals surface area contributed by atoms with Gasteiger partial charge in [0.05, 0.1) is 6.61 Å². The molecule has 1 aromatic rings. The lowest BCUT2D eigenvalue weighted by atomic mass is 10.0. The molecule has 0 aliphatic carbocycles. The first-order chi connectivity index (χ1) is 10.7. The number of nitrogens with zero attached hydrogens (tertiary/aromatic N) is 1. The van der Waals surface area contributed by atoms with Crippen molar-refractivity contribution in [2.45, 2.75) is 25.3 Å². The summed E-state index contributed by atoms with van der Waals surface area (Å²) in [6.07, 6.45) is 3.01. The Kier molecular flexibility index (Phi) is 6.68. The third kappa shape index (κ3) is 4.71. The van der Waals surface area contributed by atoms with Crippen molar-refractivity contribution in [3.05, 3.63) is 29.8 Å². The van der Waals surface area contributed by atoms with Gasteiger partial charge in [-0.2, -0.15) is 0 Å². The zero-order valence-corrected chi connectivity index (χ0v) is 13.5. The zero-order chi connectivity index (χ0) is 15.8. The molecule has 0 spiro atoms. The van der Waals surface area contributed by atoms with Gasteiger partial charge in [0.15, 0.2) is 0 Å². The van der Waals surface area contributed by atoms with Crippen molar-refractivity contribution >= 4 is 5.91 Å². The Labute approximate surface area is 132 Å². The number of methoxy groups -OCH3 is 1. The predicted molar refractivity (Wildman–Crippen MR) is 86.4 cm³/mol. The molecule has 1 aliphatic rings. The number of carbonyl (C=O) groups is 1. The van der Waals surface area contributed by atoms with Crippen molar-refractivity contribution < 1.29 is 14.3 Å². The Morgan fingerprint density at radius 3 is 3.05 bits per heavy atom. The molecule has 122 valence electrons. The summed E-state index contributed by atoms with van der Waals surface area (Å²) in [6.45, 7) is 2.87. The van der Waals surface area contributed by atoms with Crippen LogP contribution < -0.4 is 10.1 Å². The minimum Gasteiger partial charge on any atom is -0.493 e. The van der Waals surface area contributed by atoms with E-state index < -0.39 is 0 Å². The molecular formula is C17H26N2O3. The first kappa shape index (κ1) is 16.8. The molecular weight excluding hydrogens is 280 g/mol. The van der Waals surface area contributed by atoms with Gasteiger partial charge in [-0.1, -0.05) is 6.07 Å². The highest BCUT2D eigenvalue weighted by atomic mass is 16.5. The highest BCUT2D eigenvalue weighted by molar-refractivity contribution is 5.94. The summed E-state index contributed by atoms with van der Waals surface area (Å²) in [7, 11) is 3.63. The number of likely N-dealkylation sites (N-methyl/N-ethyl adjacent to an activating group) is 1. The van der Waals surface area contributed by atoms with Gasteiger partial charge in [-0.05, 0) is 38.1 Å². The zero-order valence-electron chi connectivity index (χ0n) is 13.5. The fraction of sp³-hybridized carbons (Fsp3) is 0.588.